The summed E-state index contributed by atoms with van der Waals surface area (Å²) in [4.78, 5) is 11.7. The van der Waals surface area contributed by atoms with Crippen molar-refractivity contribution in [3.63, 3.8) is 0 Å². The van der Waals surface area contributed by atoms with Crippen LogP contribution in [0.25, 0.3) is 0 Å². The van der Waals surface area contributed by atoms with Gasteiger partial charge in [-0.2, -0.15) is 0 Å². The molecule has 0 spiro atoms. The first-order valence-corrected chi connectivity index (χ1v) is 5.87. The van der Waals surface area contributed by atoms with Gasteiger partial charge in [0.15, 0.2) is 0 Å². The SMILES string of the molecule is O=C1CCC2CC2CCC2CCC12. The number of hydrogen-bond acceptors (Lipinski definition) is 1. The first-order valence-electron chi connectivity index (χ1n) is 5.87. The van der Waals surface area contributed by atoms with E-state index in [9.17, 15) is 4.79 Å². The second-order valence-corrected chi connectivity index (χ2v) is 5.28. The first kappa shape index (κ1) is 8.02. The molecule has 0 amide bonds. The molecule has 3 rings (SSSR count). The lowest BCUT2D eigenvalue weighted by Gasteiger charge is -2.35. The molecular weight excluding hydrogens is 160 g/mol. The molecule has 72 valence electrons. The van der Waals surface area contributed by atoms with Gasteiger partial charge in [0.1, 0.15) is 5.78 Å². The summed E-state index contributed by atoms with van der Waals surface area (Å²) in [7, 11) is 0. The molecule has 3 saturated carbocycles. The Morgan fingerprint density at radius 1 is 0.846 bits per heavy atom. The third kappa shape index (κ3) is 1.33. The Kier molecular flexibility index (Phi) is 1.75. The number of fused-ring (bicyclic) bond motifs is 2. The molecule has 0 heterocycles. The fourth-order valence-corrected chi connectivity index (χ4v) is 3.30. The van der Waals surface area contributed by atoms with Crippen molar-refractivity contribution in [3.8, 4) is 0 Å². The predicted octanol–water partition coefficient (Wildman–Crippen LogP) is 2.79. The summed E-state index contributed by atoms with van der Waals surface area (Å²) in [6.07, 6.45) is 8.89. The van der Waals surface area contributed by atoms with Gasteiger partial charge in [0.25, 0.3) is 0 Å². The Labute approximate surface area is 79.9 Å². The average Bonchev–Trinajstić information content (AvgIpc) is 2.77. The minimum atomic E-state index is 0.498. The highest BCUT2D eigenvalue weighted by atomic mass is 16.1. The summed E-state index contributed by atoms with van der Waals surface area (Å²) >= 11 is 0. The van der Waals surface area contributed by atoms with Gasteiger partial charge >= 0.3 is 0 Å². The van der Waals surface area contributed by atoms with Crippen molar-refractivity contribution in [1.29, 1.82) is 0 Å². The van der Waals surface area contributed by atoms with Crippen LogP contribution in [0.2, 0.25) is 0 Å². The molecule has 0 aromatic carbocycles. The lowest BCUT2D eigenvalue weighted by atomic mass is 9.69. The van der Waals surface area contributed by atoms with Crippen LogP contribution in [0.4, 0.5) is 0 Å². The lowest BCUT2D eigenvalue weighted by Crippen LogP contribution is -2.32. The van der Waals surface area contributed by atoms with Crippen LogP contribution in [0.15, 0.2) is 0 Å². The van der Waals surface area contributed by atoms with Gasteiger partial charge in [0.2, 0.25) is 0 Å². The van der Waals surface area contributed by atoms with Crippen LogP contribution in [0.5, 0.6) is 0 Å². The fraction of sp³-hybridized carbons (Fsp3) is 0.917. The van der Waals surface area contributed by atoms with E-state index in [1.54, 1.807) is 0 Å². The Bertz CT molecular complexity index is 233. The summed E-state index contributed by atoms with van der Waals surface area (Å²) in [6, 6.07) is 0. The van der Waals surface area contributed by atoms with E-state index in [1.807, 2.05) is 0 Å². The molecule has 0 N–H and O–H groups in total. The molecule has 0 bridgehead atoms. The average molecular weight is 178 g/mol. The highest BCUT2D eigenvalue weighted by molar-refractivity contribution is 5.82. The predicted molar refractivity (Wildman–Crippen MR) is 51.3 cm³/mol. The number of carbonyl (C=O) groups excluding carboxylic acids is 1. The number of Topliss-reactive ketones (excluding diaryl/α,β-unsaturated/α-hetero) is 1. The van der Waals surface area contributed by atoms with E-state index in [0.717, 1.165) is 24.2 Å². The number of ketones is 1. The smallest absolute Gasteiger partial charge is 0.136 e. The number of hydrogen-bond donors (Lipinski definition) is 0. The molecular formula is C12H18O. The molecule has 3 aliphatic carbocycles. The van der Waals surface area contributed by atoms with E-state index in [0.29, 0.717) is 11.7 Å². The minimum Gasteiger partial charge on any atom is -0.299 e. The van der Waals surface area contributed by atoms with Crippen LogP contribution in [-0.4, -0.2) is 5.78 Å². The second kappa shape index (κ2) is 2.83. The second-order valence-electron chi connectivity index (χ2n) is 5.28. The molecule has 0 radical (unpaired) electrons. The van der Waals surface area contributed by atoms with Crippen LogP contribution in [0, 0.1) is 23.7 Å². The van der Waals surface area contributed by atoms with E-state index < -0.39 is 0 Å². The van der Waals surface area contributed by atoms with Gasteiger partial charge in [0, 0.05) is 12.3 Å². The van der Waals surface area contributed by atoms with E-state index in [2.05, 4.69) is 0 Å². The normalized spacial score (nSPS) is 49.1. The van der Waals surface area contributed by atoms with Crippen molar-refractivity contribution in [2.45, 2.75) is 44.9 Å². The zero-order valence-corrected chi connectivity index (χ0v) is 8.17. The van der Waals surface area contributed by atoms with Crippen molar-refractivity contribution in [2.24, 2.45) is 23.7 Å². The highest BCUT2D eigenvalue weighted by Gasteiger charge is 2.43. The molecule has 0 aliphatic heterocycles. The van der Waals surface area contributed by atoms with E-state index in [1.165, 1.54) is 38.5 Å². The van der Waals surface area contributed by atoms with Crippen molar-refractivity contribution in [3.05, 3.63) is 0 Å². The van der Waals surface area contributed by atoms with Gasteiger partial charge in [-0.15, -0.1) is 0 Å². The summed E-state index contributed by atoms with van der Waals surface area (Å²) in [6.45, 7) is 0. The third-order valence-corrected chi connectivity index (χ3v) is 4.57. The van der Waals surface area contributed by atoms with E-state index >= 15 is 0 Å². The maximum atomic E-state index is 11.7. The Hall–Kier alpha value is -0.330. The molecule has 4 atom stereocenters. The molecule has 4 unspecified atom stereocenters. The first-order chi connectivity index (χ1) is 6.34. The van der Waals surface area contributed by atoms with Gasteiger partial charge in [-0.1, -0.05) is 0 Å². The largest absolute Gasteiger partial charge is 0.299 e. The monoisotopic (exact) mass is 178 g/mol. The van der Waals surface area contributed by atoms with E-state index in [-0.39, 0.29) is 0 Å². The third-order valence-electron chi connectivity index (χ3n) is 4.57. The molecule has 13 heavy (non-hydrogen) atoms. The molecule has 0 aromatic heterocycles. The van der Waals surface area contributed by atoms with Gasteiger partial charge in [-0.05, 0) is 56.3 Å². The summed E-state index contributed by atoms with van der Waals surface area (Å²) in [5, 5.41) is 0. The van der Waals surface area contributed by atoms with E-state index in [4.69, 9.17) is 0 Å². The van der Waals surface area contributed by atoms with Crippen LogP contribution in [0.1, 0.15) is 44.9 Å². The van der Waals surface area contributed by atoms with Crippen molar-refractivity contribution >= 4 is 5.78 Å². The number of carbonyl (C=O) groups is 1. The summed E-state index contributed by atoms with van der Waals surface area (Å²) < 4.78 is 0. The van der Waals surface area contributed by atoms with Gasteiger partial charge < -0.3 is 0 Å². The maximum Gasteiger partial charge on any atom is 0.136 e. The Morgan fingerprint density at radius 2 is 1.54 bits per heavy atom. The zero-order chi connectivity index (χ0) is 8.84. The Balaban J connectivity index is 1.70. The number of rotatable bonds is 0. The molecule has 0 aromatic rings. The summed E-state index contributed by atoms with van der Waals surface area (Å²) in [5.74, 6) is 3.86. The van der Waals surface area contributed by atoms with Crippen LogP contribution in [-0.2, 0) is 4.79 Å². The van der Waals surface area contributed by atoms with Crippen molar-refractivity contribution in [2.75, 3.05) is 0 Å². The minimum absolute atomic E-state index is 0.498. The van der Waals surface area contributed by atoms with Gasteiger partial charge in [0.05, 0.1) is 0 Å². The molecule has 1 heteroatoms. The highest BCUT2D eigenvalue weighted by Crippen LogP contribution is 2.50. The quantitative estimate of drug-likeness (QED) is 0.557. The van der Waals surface area contributed by atoms with Crippen LogP contribution < -0.4 is 0 Å². The maximum absolute atomic E-state index is 11.7. The molecule has 0 saturated heterocycles. The lowest BCUT2D eigenvalue weighted by molar-refractivity contribution is -0.128. The standard InChI is InChI=1S/C12H18O/c13-12-6-4-10-7-9(10)2-1-8-3-5-11(8)12/h8-11H,1-7H2. The fourth-order valence-electron chi connectivity index (χ4n) is 3.30. The molecule has 1 nitrogen and oxygen atoms in total. The Morgan fingerprint density at radius 3 is 2.31 bits per heavy atom. The van der Waals surface area contributed by atoms with Crippen LogP contribution in [0.3, 0.4) is 0 Å². The van der Waals surface area contributed by atoms with Crippen molar-refractivity contribution < 1.29 is 4.79 Å². The van der Waals surface area contributed by atoms with Crippen molar-refractivity contribution in [1.82, 2.24) is 0 Å². The zero-order valence-electron chi connectivity index (χ0n) is 8.17. The van der Waals surface area contributed by atoms with Crippen LogP contribution >= 0.6 is 0 Å². The van der Waals surface area contributed by atoms with Gasteiger partial charge in [-0.3, -0.25) is 4.79 Å². The molecule has 3 aliphatic rings. The summed E-state index contributed by atoms with van der Waals surface area (Å²) in [5.41, 5.74) is 0. The van der Waals surface area contributed by atoms with Gasteiger partial charge in [-0.25, -0.2) is 0 Å². The topological polar surface area (TPSA) is 17.1 Å². The molecule has 3 fully saturated rings.